The fourth-order valence-corrected chi connectivity index (χ4v) is 4.99. The Hall–Kier alpha value is -2.62. The van der Waals surface area contributed by atoms with Crippen LogP contribution in [-0.2, 0) is 42.3 Å². The van der Waals surface area contributed by atoms with E-state index in [1.165, 1.54) is 12.1 Å². The first-order valence-corrected chi connectivity index (χ1v) is 12.8. The van der Waals surface area contributed by atoms with Gasteiger partial charge in [-0.15, -0.1) is 0 Å². The molecule has 1 amide bonds. The van der Waals surface area contributed by atoms with E-state index in [4.69, 9.17) is 4.65 Å². The van der Waals surface area contributed by atoms with Crippen LogP contribution >= 0.6 is 0 Å². The van der Waals surface area contributed by atoms with Gasteiger partial charge in [0.05, 0.1) is 17.3 Å². The number of carbonyl (C=O) groups is 1. The van der Waals surface area contributed by atoms with Gasteiger partial charge in [-0.2, -0.15) is 13.2 Å². The Morgan fingerprint density at radius 2 is 1.79 bits per heavy atom. The van der Waals surface area contributed by atoms with E-state index in [1.807, 2.05) is 0 Å². The summed E-state index contributed by atoms with van der Waals surface area (Å²) in [6.45, 7) is 0.157. The Morgan fingerprint density at radius 1 is 1.12 bits per heavy atom. The molecule has 0 bridgehead atoms. The minimum absolute atomic E-state index is 0.0850. The summed E-state index contributed by atoms with van der Waals surface area (Å²) in [4.78, 5) is 10.8. The second-order valence-electron chi connectivity index (χ2n) is 7.34. The van der Waals surface area contributed by atoms with E-state index in [0.717, 1.165) is 24.5 Å². The topological polar surface area (TPSA) is 139 Å². The van der Waals surface area contributed by atoms with Crippen LogP contribution in [0.3, 0.4) is 0 Å². The highest BCUT2D eigenvalue weighted by Crippen LogP contribution is 2.26. The van der Waals surface area contributed by atoms with Crippen LogP contribution in [0.1, 0.15) is 11.1 Å². The van der Waals surface area contributed by atoms with E-state index in [2.05, 4.69) is 4.72 Å². The zero-order chi connectivity index (χ0) is 24.6. The van der Waals surface area contributed by atoms with Crippen molar-refractivity contribution < 1.29 is 44.5 Å². The molecule has 15 heteroatoms. The van der Waals surface area contributed by atoms with Crippen molar-refractivity contribution in [2.24, 2.45) is 0 Å². The van der Waals surface area contributed by atoms with Crippen LogP contribution < -0.4 is 15.5 Å². The number of nitrogens with one attached hydrogen (secondary N) is 2. The van der Waals surface area contributed by atoms with Crippen molar-refractivity contribution >= 4 is 49.7 Å². The van der Waals surface area contributed by atoms with Gasteiger partial charge in [0.15, 0.2) is 0 Å². The predicted molar refractivity (Wildman–Crippen MR) is 114 cm³/mol. The zero-order valence-electron chi connectivity index (χ0n) is 17.0. The average Bonchev–Trinajstić information content (AvgIpc) is 3.05. The summed E-state index contributed by atoms with van der Waals surface area (Å²) in [5.41, 5.74) is 0.665. The van der Waals surface area contributed by atoms with Crippen LogP contribution in [0.2, 0.25) is 0 Å². The smallest absolute Gasteiger partial charge is 0.423 e. The predicted octanol–water partition coefficient (Wildman–Crippen LogP) is 0.793. The van der Waals surface area contributed by atoms with Gasteiger partial charge in [0.25, 0.3) is 10.0 Å². The van der Waals surface area contributed by atoms with Crippen LogP contribution in [0.25, 0.3) is 0 Å². The number of aryl methyl sites for hydroxylation is 1. The van der Waals surface area contributed by atoms with Gasteiger partial charge in [0.2, 0.25) is 0 Å². The summed E-state index contributed by atoms with van der Waals surface area (Å²) in [7, 11) is -9.08. The summed E-state index contributed by atoms with van der Waals surface area (Å²) < 4.78 is 94.1. The largest absolute Gasteiger partial charge is 0.491 e. The van der Waals surface area contributed by atoms with Crippen LogP contribution in [0.15, 0.2) is 41.3 Å². The van der Waals surface area contributed by atoms with Crippen molar-refractivity contribution in [1.29, 1.82) is 0 Å². The summed E-state index contributed by atoms with van der Waals surface area (Å²) >= 11 is 0. The number of fused-ring (bicyclic) bond motifs is 1. The Morgan fingerprint density at radius 3 is 2.42 bits per heavy atom. The van der Waals surface area contributed by atoms with E-state index >= 15 is 0 Å². The van der Waals surface area contributed by atoms with Gasteiger partial charge < -0.3 is 15.0 Å². The normalized spacial score (nSPS) is 14.2. The van der Waals surface area contributed by atoms with Crippen molar-refractivity contribution in [2.75, 3.05) is 22.0 Å². The average molecular weight is 506 g/mol. The molecule has 178 valence electrons. The molecule has 1 heterocycles. The zero-order valence-corrected chi connectivity index (χ0v) is 18.6. The molecule has 0 saturated carbocycles. The fourth-order valence-electron chi connectivity index (χ4n) is 3.10. The molecule has 9 nitrogen and oxygen atoms in total. The minimum Gasteiger partial charge on any atom is -0.423 e. The maximum Gasteiger partial charge on any atom is 0.491 e. The molecule has 0 saturated heterocycles. The summed E-state index contributed by atoms with van der Waals surface area (Å²) in [6.07, 6.45) is -4.57. The Kier molecular flexibility index (Phi) is 6.80. The maximum atomic E-state index is 13.0. The van der Waals surface area contributed by atoms with Crippen molar-refractivity contribution in [3.05, 3.63) is 47.5 Å². The van der Waals surface area contributed by atoms with E-state index in [0.29, 0.717) is 11.0 Å². The third kappa shape index (κ3) is 6.25. The standard InChI is InChI=1S/C18H18BF3N2O7S2/c1-32(27,28)7-6-11-8-13(23-17(25)18(20,21)22)4-5-16(11)33(29,30)24-14-3-2-12-10-31-19(26)15(12)9-14/h2-5,8-9,24,26H,6-7,10H2,1H3,(H,23,25). The van der Waals surface area contributed by atoms with Gasteiger partial charge in [0.1, 0.15) is 9.84 Å². The number of benzene rings is 2. The van der Waals surface area contributed by atoms with Crippen molar-refractivity contribution in [3.63, 3.8) is 0 Å². The first kappa shape index (κ1) is 25.0. The molecule has 33 heavy (non-hydrogen) atoms. The summed E-state index contributed by atoms with van der Waals surface area (Å²) in [5.74, 6) is -2.74. The Labute approximate surface area is 188 Å². The molecule has 0 fully saturated rings. The van der Waals surface area contributed by atoms with Crippen LogP contribution in [-0.4, -0.2) is 53.1 Å². The van der Waals surface area contributed by atoms with Gasteiger partial charge in [-0.3, -0.25) is 9.52 Å². The molecule has 0 atom stereocenters. The first-order chi connectivity index (χ1) is 15.2. The molecule has 0 aliphatic carbocycles. The minimum atomic E-state index is -5.17. The molecule has 2 aromatic rings. The summed E-state index contributed by atoms with van der Waals surface area (Å²) in [5, 5.41) is 11.4. The highest BCUT2D eigenvalue weighted by atomic mass is 32.2. The summed E-state index contributed by atoms with van der Waals surface area (Å²) in [6, 6.07) is 7.28. The monoisotopic (exact) mass is 506 g/mol. The van der Waals surface area contributed by atoms with Crippen molar-refractivity contribution in [1.82, 2.24) is 0 Å². The van der Waals surface area contributed by atoms with Crippen molar-refractivity contribution in [2.45, 2.75) is 24.1 Å². The van der Waals surface area contributed by atoms with E-state index in [1.54, 1.807) is 11.4 Å². The molecule has 0 radical (unpaired) electrons. The second kappa shape index (κ2) is 8.97. The number of anilines is 2. The fraction of sp³-hybridized carbons (Fsp3) is 0.278. The molecule has 3 rings (SSSR count). The molecule has 2 aromatic carbocycles. The SMILES string of the molecule is CS(=O)(=O)CCc1cc(NC(=O)C(F)(F)F)ccc1S(=O)(=O)Nc1ccc2c(c1)B(O)OC2. The lowest BCUT2D eigenvalue weighted by Crippen LogP contribution is -2.30. The molecule has 3 N–H and O–H groups in total. The Balaban J connectivity index is 1.95. The highest BCUT2D eigenvalue weighted by Gasteiger charge is 2.38. The number of sulfonamides is 1. The lowest BCUT2D eigenvalue weighted by molar-refractivity contribution is -0.167. The molecule has 0 aromatic heterocycles. The number of halogens is 3. The number of sulfone groups is 1. The highest BCUT2D eigenvalue weighted by molar-refractivity contribution is 7.92. The van der Waals surface area contributed by atoms with Gasteiger partial charge >= 0.3 is 19.2 Å². The van der Waals surface area contributed by atoms with Crippen molar-refractivity contribution in [3.8, 4) is 0 Å². The lowest BCUT2D eigenvalue weighted by atomic mass is 9.79. The first-order valence-electron chi connectivity index (χ1n) is 9.30. The molecule has 1 aliphatic rings. The molecule has 0 spiro atoms. The molecular weight excluding hydrogens is 488 g/mol. The van der Waals surface area contributed by atoms with E-state index in [-0.39, 0.29) is 34.9 Å². The number of rotatable bonds is 7. The maximum absolute atomic E-state index is 13.0. The van der Waals surface area contributed by atoms with Crippen LogP contribution in [0.5, 0.6) is 0 Å². The van der Waals surface area contributed by atoms with Gasteiger partial charge in [-0.05, 0) is 53.3 Å². The van der Waals surface area contributed by atoms with Crippen LogP contribution in [0.4, 0.5) is 24.5 Å². The molecule has 0 unspecified atom stereocenters. The van der Waals surface area contributed by atoms with Gasteiger partial charge in [-0.1, -0.05) is 6.07 Å². The lowest BCUT2D eigenvalue weighted by Gasteiger charge is -2.15. The number of amides is 1. The third-order valence-corrected chi connectivity index (χ3v) is 7.10. The quantitative estimate of drug-likeness (QED) is 0.472. The Bertz CT molecular complexity index is 1300. The number of alkyl halides is 3. The van der Waals surface area contributed by atoms with Gasteiger partial charge in [-0.25, -0.2) is 16.8 Å². The van der Waals surface area contributed by atoms with Crippen LogP contribution in [0, 0.1) is 0 Å². The van der Waals surface area contributed by atoms with E-state index < -0.39 is 44.8 Å². The third-order valence-electron chi connectivity index (χ3n) is 4.67. The van der Waals surface area contributed by atoms with E-state index in [9.17, 15) is 39.8 Å². The molecule has 1 aliphatic heterocycles. The second-order valence-corrected chi connectivity index (χ2v) is 11.2. The number of hydrogen-bond donors (Lipinski definition) is 3. The van der Waals surface area contributed by atoms with Gasteiger partial charge in [0, 0.05) is 17.6 Å². The number of carbonyl (C=O) groups excluding carboxylic acids is 1. The number of hydrogen-bond acceptors (Lipinski definition) is 7. The molecular formula is C18H18BF3N2O7S2.